The van der Waals surface area contributed by atoms with Crippen LogP contribution in [0, 0.1) is 0 Å². The number of likely N-dealkylation sites (tertiary alicyclic amines) is 1. The number of carbonyl (C=O) groups excluding carboxylic acids is 1. The van der Waals surface area contributed by atoms with Crippen molar-refractivity contribution in [2.45, 2.75) is 18.9 Å². The number of aryl methyl sites for hydroxylation is 1. The summed E-state index contributed by atoms with van der Waals surface area (Å²) in [4.78, 5) is 15.4. The van der Waals surface area contributed by atoms with Crippen LogP contribution in [0.1, 0.15) is 34.9 Å². The summed E-state index contributed by atoms with van der Waals surface area (Å²) < 4.78 is 17.7. The van der Waals surface area contributed by atoms with Crippen molar-refractivity contribution in [3.8, 4) is 28.5 Å². The molecule has 0 spiro atoms. The van der Waals surface area contributed by atoms with Gasteiger partial charge in [0.1, 0.15) is 11.4 Å². The second kappa shape index (κ2) is 8.71. The third-order valence-electron chi connectivity index (χ3n) is 5.79. The Bertz CT molecular complexity index is 1070. The predicted octanol–water partition coefficient (Wildman–Crippen LogP) is 4.09. The van der Waals surface area contributed by atoms with Crippen molar-refractivity contribution in [3.63, 3.8) is 0 Å². The molecule has 0 unspecified atom stereocenters. The summed E-state index contributed by atoms with van der Waals surface area (Å²) in [5.74, 6) is 2.11. The van der Waals surface area contributed by atoms with Crippen LogP contribution in [0.4, 0.5) is 0 Å². The van der Waals surface area contributed by atoms with Crippen LogP contribution in [0.25, 0.3) is 11.3 Å². The summed E-state index contributed by atoms with van der Waals surface area (Å²) in [5, 5.41) is 4.57. The van der Waals surface area contributed by atoms with Gasteiger partial charge in [-0.15, -0.1) is 0 Å². The van der Waals surface area contributed by atoms with Gasteiger partial charge in [-0.3, -0.25) is 9.48 Å². The zero-order chi connectivity index (χ0) is 22.0. The van der Waals surface area contributed by atoms with Gasteiger partial charge in [0.15, 0.2) is 11.5 Å². The fourth-order valence-electron chi connectivity index (χ4n) is 4.13. The van der Waals surface area contributed by atoms with Crippen LogP contribution in [0.15, 0.2) is 48.5 Å². The van der Waals surface area contributed by atoms with E-state index in [1.54, 1.807) is 26.0 Å². The Morgan fingerprint density at radius 1 is 0.968 bits per heavy atom. The summed E-state index contributed by atoms with van der Waals surface area (Å²) >= 11 is 0. The van der Waals surface area contributed by atoms with Gasteiger partial charge in [-0.1, -0.05) is 6.07 Å². The van der Waals surface area contributed by atoms with Gasteiger partial charge in [-0.05, 0) is 60.9 Å². The maximum atomic E-state index is 13.5. The molecule has 2 aromatic carbocycles. The molecule has 7 heteroatoms. The minimum absolute atomic E-state index is 0.00774. The average Bonchev–Trinajstić information content (AvgIpc) is 3.45. The lowest BCUT2D eigenvalue weighted by molar-refractivity contribution is 0.0724. The number of methoxy groups -OCH3 is 3. The molecule has 0 aliphatic carbocycles. The molecule has 1 aromatic heterocycles. The van der Waals surface area contributed by atoms with E-state index in [9.17, 15) is 4.79 Å². The van der Waals surface area contributed by atoms with Crippen LogP contribution in [-0.4, -0.2) is 48.5 Å². The number of carbonyl (C=O) groups is 1. The monoisotopic (exact) mass is 421 g/mol. The first kappa shape index (κ1) is 20.8. The third kappa shape index (κ3) is 3.95. The minimum Gasteiger partial charge on any atom is -0.497 e. The highest BCUT2D eigenvalue weighted by Crippen LogP contribution is 2.37. The molecular weight excluding hydrogens is 394 g/mol. The van der Waals surface area contributed by atoms with Crippen LogP contribution in [0.3, 0.4) is 0 Å². The largest absolute Gasteiger partial charge is 0.497 e. The van der Waals surface area contributed by atoms with Gasteiger partial charge in [0.2, 0.25) is 0 Å². The molecule has 1 aliphatic heterocycles. The maximum absolute atomic E-state index is 13.5. The Labute approximate surface area is 182 Å². The van der Waals surface area contributed by atoms with Crippen LogP contribution >= 0.6 is 0 Å². The lowest BCUT2D eigenvalue weighted by Crippen LogP contribution is -2.32. The number of benzene rings is 2. The molecule has 162 valence electrons. The first-order chi connectivity index (χ1) is 15.0. The Balaban J connectivity index is 1.61. The van der Waals surface area contributed by atoms with Crippen molar-refractivity contribution in [3.05, 3.63) is 59.8 Å². The number of hydrogen-bond donors (Lipinski definition) is 0. The van der Waals surface area contributed by atoms with Crippen LogP contribution in [-0.2, 0) is 7.05 Å². The second-order valence-electron chi connectivity index (χ2n) is 7.54. The molecule has 0 bridgehead atoms. The van der Waals surface area contributed by atoms with E-state index in [0.717, 1.165) is 35.4 Å². The normalized spacial score (nSPS) is 15.7. The first-order valence-corrected chi connectivity index (χ1v) is 10.3. The molecule has 1 amide bonds. The third-order valence-corrected chi connectivity index (χ3v) is 5.79. The smallest absolute Gasteiger partial charge is 0.272 e. The molecule has 4 rings (SSSR count). The number of rotatable bonds is 6. The highest BCUT2D eigenvalue weighted by molar-refractivity contribution is 5.94. The Hall–Kier alpha value is -3.48. The van der Waals surface area contributed by atoms with Crippen LogP contribution < -0.4 is 14.2 Å². The fraction of sp³-hybridized carbons (Fsp3) is 0.333. The zero-order valence-corrected chi connectivity index (χ0v) is 18.3. The van der Waals surface area contributed by atoms with Crippen molar-refractivity contribution in [1.29, 1.82) is 0 Å². The van der Waals surface area contributed by atoms with E-state index in [2.05, 4.69) is 5.10 Å². The van der Waals surface area contributed by atoms with E-state index in [0.29, 0.717) is 23.7 Å². The molecule has 1 saturated heterocycles. The summed E-state index contributed by atoms with van der Waals surface area (Å²) in [6.07, 6.45) is 1.86. The van der Waals surface area contributed by atoms with Crippen molar-refractivity contribution in [2.75, 3.05) is 27.9 Å². The molecule has 7 nitrogen and oxygen atoms in total. The second-order valence-corrected chi connectivity index (χ2v) is 7.54. The van der Waals surface area contributed by atoms with Gasteiger partial charge in [0, 0.05) is 19.2 Å². The Morgan fingerprint density at radius 2 is 1.71 bits per heavy atom. The SMILES string of the molecule is COc1ccc(-c2cc(C(=O)N3CCC[C@@H]3c3ccc(OC)c(OC)c3)n(C)n2)cc1. The summed E-state index contributed by atoms with van der Waals surface area (Å²) in [6, 6.07) is 15.4. The van der Waals surface area contributed by atoms with Crippen LogP contribution in [0.2, 0.25) is 0 Å². The Morgan fingerprint density at radius 3 is 2.39 bits per heavy atom. The minimum atomic E-state index is -0.0213. The molecule has 3 aromatic rings. The highest BCUT2D eigenvalue weighted by atomic mass is 16.5. The van der Waals surface area contributed by atoms with Crippen molar-refractivity contribution in [1.82, 2.24) is 14.7 Å². The fourth-order valence-corrected chi connectivity index (χ4v) is 4.13. The summed E-state index contributed by atoms with van der Waals surface area (Å²) in [6.45, 7) is 0.709. The number of amides is 1. The highest BCUT2D eigenvalue weighted by Gasteiger charge is 2.32. The molecule has 1 aliphatic rings. The maximum Gasteiger partial charge on any atom is 0.272 e. The molecule has 0 saturated carbocycles. The molecule has 1 fully saturated rings. The van der Waals surface area contributed by atoms with Gasteiger partial charge >= 0.3 is 0 Å². The molecule has 2 heterocycles. The Kier molecular flexibility index (Phi) is 5.84. The van der Waals surface area contributed by atoms with E-state index in [1.165, 1.54) is 0 Å². The molecular formula is C24H27N3O4. The van der Waals surface area contributed by atoms with Crippen LogP contribution in [0.5, 0.6) is 17.2 Å². The van der Waals surface area contributed by atoms with E-state index in [-0.39, 0.29) is 11.9 Å². The zero-order valence-electron chi connectivity index (χ0n) is 18.3. The number of nitrogens with zero attached hydrogens (tertiary/aromatic N) is 3. The van der Waals surface area contributed by atoms with Gasteiger partial charge < -0.3 is 19.1 Å². The van der Waals surface area contributed by atoms with Gasteiger partial charge in [-0.2, -0.15) is 5.10 Å². The van der Waals surface area contributed by atoms with E-state index in [4.69, 9.17) is 14.2 Å². The molecule has 1 atom stereocenters. The molecule has 0 radical (unpaired) electrons. The predicted molar refractivity (Wildman–Crippen MR) is 118 cm³/mol. The van der Waals surface area contributed by atoms with Crippen molar-refractivity contribution < 1.29 is 19.0 Å². The van der Waals surface area contributed by atoms with E-state index >= 15 is 0 Å². The van der Waals surface area contributed by atoms with Crippen molar-refractivity contribution in [2.24, 2.45) is 7.05 Å². The lowest BCUT2D eigenvalue weighted by Gasteiger charge is -2.25. The van der Waals surface area contributed by atoms with Crippen molar-refractivity contribution >= 4 is 5.91 Å². The summed E-state index contributed by atoms with van der Waals surface area (Å²) in [7, 11) is 6.68. The van der Waals surface area contributed by atoms with E-state index in [1.807, 2.05) is 60.5 Å². The lowest BCUT2D eigenvalue weighted by atomic mass is 10.0. The average molecular weight is 421 g/mol. The summed E-state index contributed by atoms with van der Waals surface area (Å²) in [5.41, 5.74) is 3.31. The first-order valence-electron chi connectivity index (χ1n) is 10.3. The molecule has 0 N–H and O–H groups in total. The van der Waals surface area contributed by atoms with Gasteiger partial charge in [-0.25, -0.2) is 0 Å². The van der Waals surface area contributed by atoms with Gasteiger partial charge in [0.25, 0.3) is 5.91 Å². The molecule has 31 heavy (non-hydrogen) atoms. The quantitative estimate of drug-likeness (QED) is 0.600. The van der Waals surface area contributed by atoms with Gasteiger partial charge in [0.05, 0.1) is 33.1 Å². The standard InChI is InChI=1S/C24H27N3O4/c1-26-21(15-19(25-26)16-7-10-18(29-2)11-8-16)24(28)27-13-5-6-20(27)17-9-12-22(30-3)23(14-17)31-4/h7-12,14-15,20H,5-6,13H2,1-4H3/t20-/m1/s1. The topological polar surface area (TPSA) is 65.8 Å². The number of aromatic nitrogens is 2. The number of hydrogen-bond acceptors (Lipinski definition) is 5. The number of ether oxygens (including phenoxy) is 3. The van der Waals surface area contributed by atoms with E-state index < -0.39 is 0 Å².